The normalized spacial score (nSPS) is 23.0. The van der Waals surface area contributed by atoms with Gasteiger partial charge in [-0.25, -0.2) is 9.97 Å². The first-order valence-electron chi connectivity index (χ1n) is 8.96. The van der Waals surface area contributed by atoms with Crippen LogP contribution in [0.3, 0.4) is 0 Å². The topological polar surface area (TPSA) is 49.3 Å². The lowest BCUT2D eigenvalue weighted by molar-refractivity contribution is -0.137. The summed E-state index contributed by atoms with van der Waals surface area (Å²) in [7, 11) is 0. The Balaban J connectivity index is 1.38. The minimum atomic E-state index is 0.194. The van der Waals surface area contributed by atoms with E-state index < -0.39 is 0 Å². The molecule has 2 aliphatic rings. The molecule has 4 rings (SSSR count). The minimum absolute atomic E-state index is 0.194. The van der Waals surface area contributed by atoms with Crippen LogP contribution in [0.15, 0.2) is 18.3 Å². The Morgan fingerprint density at radius 2 is 2.08 bits per heavy atom. The number of fused-ring (bicyclic) bond motifs is 1. The maximum absolute atomic E-state index is 12.8. The van der Waals surface area contributed by atoms with Crippen LogP contribution in [-0.4, -0.2) is 47.0 Å². The van der Waals surface area contributed by atoms with Gasteiger partial charge in [0.2, 0.25) is 5.91 Å². The number of piperidine rings is 2. The van der Waals surface area contributed by atoms with Gasteiger partial charge in [0.25, 0.3) is 0 Å². The Morgan fingerprint density at radius 1 is 1.25 bits per heavy atom. The van der Waals surface area contributed by atoms with E-state index in [1.807, 2.05) is 18.3 Å². The number of anilines is 1. The van der Waals surface area contributed by atoms with E-state index >= 15 is 0 Å². The van der Waals surface area contributed by atoms with Crippen molar-refractivity contribution >= 4 is 32.7 Å². The first-order valence-corrected chi connectivity index (χ1v) is 9.77. The summed E-state index contributed by atoms with van der Waals surface area (Å²) < 4.78 is 0. The van der Waals surface area contributed by atoms with Crippen molar-refractivity contribution in [3.63, 3.8) is 0 Å². The fraction of sp³-hybridized carbons (Fsp3) is 0.611. The van der Waals surface area contributed by atoms with Crippen LogP contribution in [0.5, 0.6) is 0 Å². The molecule has 5 nitrogen and oxygen atoms in total. The Labute approximate surface area is 146 Å². The van der Waals surface area contributed by atoms with E-state index in [4.69, 9.17) is 4.98 Å². The van der Waals surface area contributed by atoms with Crippen molar-refractivity contribution in [1.82, 2.24) is 14.9 Å². The maximum Gasteiger partial charge on any atom is 0.225 e. The lowest BCUT2D eigenvalue weighted by atomic mass is 9.93. The second-order valence-corrected chi connectivity index (χ2v) is 8.07. The van der Waals surface area contributed by atoms with Crippen LogP contribution in [0.25, 0.3) is 10.3 Å². The van der Waals surface area contributed by atoms with Crippen LogP contribution >= 0.6 is 11.3 Å². The van der Waals surface area contributed by atoms with Gasteiger partial charge in [0, 0.05) is 38.3 Å². The van der Waals surface area contributed by atoms with Crippen molar-refractivity contribution in [2.45, 2.75) is 32.6 Å². The summed E-state index contributed by atoms with van der Waals surface area (Å²) in [5, 5.41) is 1.04. The van der Waals surface area contributed by atoms with Crippen molar-refractivity contribution < 1.29 is 4.79 Å². The molecule has 2 fully saturated rings. The second-order valence-electron chi connectivity index (χ2n) is 7.12. The zero-order valence-electron chi connectivity index (χ0n) is 14.1. The van der Waals surface area contributed by atoms with Gasteiger partial charge in [0.05, 0.1) is 0 Å². The number of amides is 1. The van der Waals surface area contributed by atoms with E-state index in [9.17, 15) is 4.79 Å². The molecule has 0 spiro atoms. The maximum atomic E-state index is 12.8. The molecule has 24 heavy (non-hydrogen) atoms. The summed E-state index contributed by atoms with van der Waals surface area (Å²) in [6.45, 7) is 5.98. The molecule has 0 saturated carbocycles. The third kappa shape index (κ3) is 3.11. The van der Waals surface area contributed by atoms with Crippen LogP contribution in [0.1, 0.15) is 32.6 Å². The Hall–Kier alpha value is -1.69. The lowest BCUT2D eigenvalue weighted by Crippen LogP contribution is -2.46. The van der Waals surface area contributed by atoms with Crippen molar-refractivity contribution in [3.8, 4) is 0 Å². The van der Waals surface area contributed by atoms with Gasteiger partial charge in [-0.3, -0.25) is 4.79 Å². The third-order valence-electron chi connectivity index (χ3n) is 5.24. The molecule has 0 bridgehead atoms. The van der Waals surface area contributed by atoms with Gasteiger partial charge in [-0.05, 0) is 43.7 Å². The summed E-state index contributed by atoms with van der Waals surface area (Å²) in [6, 6.07) is 3.94. The van der Waals surface area contributed by atoms with Crippen LogP contribution in [0, 0.1) is 11.8 Å². The minimum Gasteiger partial charge on any atom is -0.348 e. The number of hydrogen-bond acceptors (Lipinski definition) is 5. The number of aromatic nitrogens is 2. The molecule has 0 radical (unpaired) electrons. The summed E-state index contributed by atoms with van der Waals surface area (Å²) in [5.74, 6) is 1.23. The molecule has 2 aromatic heterocycles. The number of rotatable bonds is 2. The zero-order valence-corrected chi connectivity index (χ0v) is 15.0. The Morgan fingerprint density at radius 3 is 2.83 bits per heavy atom. The standard InChI is InChI=1S/C18H24N4OS/c1-13-4-3-9-22(12-13)17(23)14-6-10-21(11-7-14)18-20-15-5-2-8-19-16(15)24-18/h2,5,8,13-14H,3-4,6-7,9-12H2,1H3. The van der Waals surface area contributed by atoms with Crippen LogP contribution in [0.4, 0.5) is 5.13 Å². The van der Waals surface area contributed by atoms with E-state index in [0.29, 0.717) is 11.8 Å². The number of carbonyl (C=O) groups is 1. The van der Waals surface area contributed by atoms with E-state index in [2.05, 4.69) is 21.7 Å². The molecule has 1 amide bonds. The molecule has 0 aliphatic carbocycles. The summed E-state index contributed by atoms with van der Waals surface area (Å²) in [5.41, 5.74) is 0.970. The molecule has 128 valence electrons. The van der Waals surface area contributed by atoms with Crippen LogP contribution in [0.2, 0.25) is 0 Å². The van der Waals surface area contributed by atoms with Crippen molar-refractivity contribution in [2.24, 2.45) is 11.8 Å². The molecule has 1 atom stereocenters. The molecule has 2 saturated heterocycles. The largest absolute Gasteiger partial charge is 0.348 e. The quantitative estimate of drug-likeness (QED) is 0.840. The van der Waals surface area contributed by atoms with Crippen LogP contribution in [-0.2, 0) is 4.79 Å². The van der Waals surface area contributed by atoms with E-state index in [0.717, 1.165) is 60.9 Å². The predicted molar refractivity (Wildman–Crippen MR) is 97.3 cm³/mol. The summed E-state index contributed by atoms with van der Waals surface area (Å²) in [6.07, 6.45) is 6.10. The van der Waals surface area contributed by atoms with Gasteiger partial charge in [-0.2, -0.15) is 0 Å². The monoisotopic (exact) mass is 344 g/mol. The first-order chi connectivity index (χ1) is 11.7. The van der Waals surface area contributed by atoms with E-state index in [-0.39, 0.29) is 5.92 Å². The number of thiazole rings is 1. The van der Waals surface area contributed by atoms with Crippen molar-refractivity contribution in [3.05, 3.63) is 18.3 Å². The van der Waals surface area contributed by atoms with Crippen molar-refractivity contribution in [1.29, 1.82) is 0 Å². The van der Waals surface area contributed by atoms with Gasteiger partial charge in [-0.15, -0.1) is 0 Å². The SMILES string of the molecule is CC1CCCN(C(=O)C2CCN(c3nc4cccnc4s3)CC2)C1. The van der Waals surface area contributed by atoms with Crippen LogP contribution < -0.4 is 4.90 Å². The van der Waals surface area contributed by atoms with Gasteiger partial charge in [0.15, 0.2) is 5.13 Å². The molecule has 0 aromatic carbocycles. The van der Waals surface area contributed by atoms with Gasteiger partial charge in [0.1, 0.15) is 10.3 Å². The first kappa shape index (κ1) is 15.8. The fourth-order valence-corrected chi connectivity index (χ4v) is 4.82. The predicted octanol–water partition coefficient (Wildman–Crippen LogP) is 3.17. The number of nitrogens with zero attached hydrogens (tertiary/aromatic N) is 4. The smallest absolute Gasteiger partial charge is 0.225 e. The molecule has 0 N–H and O–H groups in total. The summed E-state index contributed by atoms with van der Waals surface area (Å²) in [4.78, 5) is 27.3. The highest BCUT2D eigenvalue weighted by Crippen LogP contribution is 2.31. The molecular formula is C18H24N4OS. The summed E-state index contributed by atoms with van der Waals surface area (Å²) >= 11 is 1.65. The number of pyridine rings is 1. The molecular weight excluding hydrogens is 320 g/mol. The van der Waals surface area contributed by atoms with Gasteiger partial charge >= 0.3 is 0 Å². The van der Waals surface area contributed by atoms with Gasteiger partial charge in [-0.1, -0.05) is 18.3 Å². The fourth-order valence-electron chi connectivity index (χ4n) is 3.86. The number of hydrogen-bond donors (Lipinski definition) is 0. The molecule has 2 aliphatic heterocycles. The highest BCUT2D eigenvalue weighted by atomic mass is 32.1. The highest BCUT2D eigenvalue weighted by molar-refractivity contribution is 7.21. The number of likely N-dealkylation sites (tertiary alicyclic amines) is 1. The lowest BCUT2D eigenvalue weighted by Gasteiger charge is -2.37. The Kier molecular flexibility index (Phi) is 4.39. The molecule has 1 unspecified atom stereocenters. The average molecular weight is 344 g/mol. The molecule has 4 heterocycles. The van der Waals surface area contributed by atoms with E-state index in [1.165, 1.54) is 6.42 Å². The molecule has 2 aromatic rings. The van der Waals surface area contributed by atoms with E-state index in [1.54, 1.807) is 11.3 Å². The van der Waals surface area contributed by atoms with Gasteiger partial charge < -0.3 is 9.80 Å². The number of carbonyl (C=O) groups excluding carboxylic acids is 1. The highest BCUT2D eigenvalue weighted by Gasteiger charge is 2.31. The second kappa shape index (κ2) is 6.67. The molecule has 6 heteroatoms. The van der Waals surface area contributed by atoms with Crippen molar-refractivity contribution in [2.75, 3.05) is 31.1 Å². The Bertz CT molecular complexity index is 690. The zero-order chi connectivity index (χ0) is 16.5. The average Bonchev–Trinajstić information content (AvgIpc) is 3.05. The third-order valence-corrected chi connectivity index (χ3v) is 6.28.